The molecule has 150 valence electrons. The Balaban J connectivity index is 2.60. The van der Waals surface area contributed by atoms with E-state index in [1.54, 1.807) is 11.5 Å². The van der Waals surface area contributed by atoms with Gasteiger partial charge in [0.2, 0.25) is 5.78 Å². The van der Waals surface area contributed by atoms with Crippen LogP contribution in [0.1, 0.15) is 10.4 Å². The van der Waals surface area contributed by atoms with Crippen LogP contribution in [0, 0.1) is 23.1 Å². The number of halogens is 1. The molecule has 1 unspecified atom stereocenters. The summed E-state index contributed by atoms with van der Waals surface area (Å²) < 4.78 is 43.5. The van der Waals surface area contributed by atoms with E-state index >= 15 is 0 Å². The molecule has 0 radical (unpaired) electrons. The van der Waals surface area contributed by atoms with Crippen LogP contribution in [0.3, 0.4) is 0 Å². The fourth-order valence-electron chi connectivity index (χ4n) is 2.16. The number of nitriles is 1. The average molecular weight is 419 g/mol. The van der Waals surface area contributed by atoms with E-state index in [2.05, 4.69) is 0 Å². The molecule has 0 fully saturated rings. The highest BCUT2D eigenvalue weighted by atomic mass is 32.2. The van der Waals surface area contributed by atoms with Crippen LogP contribution in [0.5, 0.6) is 11.5 Å². The van der Waals surface area contributed by atoms with Crippen LogP contribution < -0.4 is 15.5 Å². The molecule has 0 aliphatic rings. The third kappa shape index (κ3) is 5.16. The first-order valence-electron chi connectivity index (χ1n) is 7.84. The van der Waals surface area contributed by atoms with E-state index in [1.807, 2.05) is 0 Å². The van der Waals surface area contributed by atoms with E-state index in [0.29, 0.717) is 12.1 Å². The number of ketones is 1. The molecule has 29 heavy (non-hydrogen) atoms. The van der Waals surface area contributed by atoms with E-state index in [9.17, 15) is 27.5 Å². The van der Waals surface area contributed by atoms with Crippen LogP contribution in [-0.2, 0) is 14.9 Å². The minimum absolute atomic E-state index is 0.147. The Hall–Kier alpha value is -3.75. The van der Waals surface area contributed by atoms with Gasteiger partial charge in [-0.15, -0.1) is 0 Å². The second-order valence-corrected chi connectivity index (χ2v) is 7.00. The molecular weight excluding hydrogens is 405 g/mol. The molecule has 0 aromatic heterocycles. The number of hydrazine groups is 1. The third-order valence-electron chi connectivity index (χ3n) is 3.53. The number of carbonyl (C=O) groups excluding carboxylic acids is 2. The zero-order chi connectivity index (χ0) is 21.6. The average Bonchev–Trinajstić information content (AvgIpc) is 2.68. The van der Waals surface area contributed by atoms with Gasteiger partial charge < -0.3 is 9.29 Å². The number of nitrogens with one attached hydrogen (secondary N) is 1. The summed E-state index contributed by atoms with van der Waals surface area (Å²) in [5.74, 6) is -1.07. The van der Waals surface area contributed by atoms with Crippen molar-refractivity contribution in [2.45, 2.75) is 0 Å². The number of carbonyl (C=O) groups is 2. The van der Waals surface area contributed by atoms with Crippen molar-refractivity contribution in [3.63, 3.8) is 0 Å². The standard InChI is InChI=1S/C18H14FN3O6S/c19-12-6-7-14(15(23)9-12)17(24)16(8-11(10-20)18(25)22-21)29(26,27)28-13-4-2-1-3-5-13/h1-9,11,23H,21H2,(H,22,25)/b16-8-. The largest absolute Gasteiger partial charge is 0.507 e. The summed E-state index contributed by atoms with van der Waals surface area (Å²) in [5.41, 5.74) is 1.09. The number of Topliss-reactive ketones (excluding diaryl/α,β-unsaturated/α-hetero) is 1. The van der Waals surface area contributed by atoms with Crippen LogP contribution in [0.15, 0.2) is 59.5 Å². The summed E-state index contributed by atoms with van der Waals surface area (Å²) in [4.78, 5) is 23.4. The van der Waals surface area contributed by atoms with Crippen molar-refractivity contribution in [1.82, 2.24) is 5.43 Å². The molecular formula is C18H14FN3O6S. The fraction of sp³-hybridized carbons (Fsp3) is 0.0556. The summed E-state index contributed by atoms with van der Waals surface area (Å²) in [6, 6.07) is 10.9. The van der Waals surface area contributed by atoms with Crippen LogP contribution >= 0.6 is 0 Å². The third-order valence-corrected chi connectivity index (χ3v) is 4.80. The number of phenolic OH excluding ortho intramolecular Hbond substituents is 1. The molecule has 2 aromatic carbocycles. The first-order valence-corrected chi connectivity index (χ1v) is 9.25. The minimum atomic E-state index is -4.86. The molecule has 0 saturated heterocycles. The second kappa shape index (κ2) is 8.96. The van der Waals surface area contributed by atoms with Gasteiger partial charge in [0.25, 0.3) is 5.91 Å². The molecule has 2 aromatic rings. The highest BCUT2D eigenvalue weighted by Crippen LogP contribution is 2.26. The topological polar surface area (TPSA) is 160 Å². The Kier molecular flexibility index (Phi) is 6.66. The zero-order valence-electron chi connectivity index (χ0n) is 14.6. The molecule has 9 nitrogen and oxygen atoms in total. The number of benzene rings is 2. The number of para-hydroxylation sites is 1. The smallest absolute Gasteiger partial charge is 0.342 e. The summed E-state index contributed by atoms with van der Waals surface area (Å²) in [6.45, 7) is 0. The monoisotopic (exact) mass is 419 g/mol. The maximum absolute atomic E-state index is 13.2. The molecule has 2 rings (SSSR count). The fourth-order valence-corrected chi connectivity index (χ4v) is 3.26. The lowest BCUT2D eigenvalue weighted by Gasteiger charge is -2.12. The van der Waals surface area contributed by atoms with Gasteiger partial charge in [-0.25, -0.2) is 10.2 Å². The first kappa shape index (κ1) is 21.5. The number of aromatic hydroxyl groups is 1. The van der Waals surface area contributed by atoms with E-state index in [1.165, 1.54) is 30.3 Å². The van der Waals surface area contributed by atoms with Crippen molar-refractivity contribution in [1.29, 1.82) is 5.26 Å². The predicted molar refractivity (Wildman–Crippen MR) is 97.9 cm³/mol. The Morgan fingerprint density at radius 3 is 2.45 bits per heavy atom. The van der Waals surface area contributed by atoms with Gasteiger partial charge in [0.1, 0.15) is 23.2 Å². The summed E-state index contributed by atoms with van der Waals surface area (Å²) in [6.07, 6.45) is 0.533. The van der Waals surface area contributed by atoms with Crippen molar-refractivity contribution in [3.8, 4) is 17.6 Å². The number of nitrogens with zero attached hydrogens (tertiary/aromatic N) is 1. The Morgan fingerprint density at radius 1 is 1.24 bits per heavy atom. The van der Waals surface area contributed by atoms with Gasteiger partial charge in [0, 0.05) is 6.07 Å². The number of amides is 1. The number of phenols is 1. The van der Waals surface area contributed by atoms with Crippen LogP contribution in [-0.4, -0.2) is 25.2 Å². The van der Waals surface area contributed by atoms with Crippen molar-refractivity contribution in [2.24, 2.45) is 11.8 Å². The van der Waals surface area contributed by atoms with Crippen molar-refractivity contribution in [2.75, 3.05) is 0 Å². The normalized spacial score (nSPS) is 12.5. The van der Waals surface area contributed by atoms with E-state index in [4.69, 9.17) is 15.3 Å². The van der Waals surface area contributed by atoms with Crippen LogP contribution in [0.2, 0.25) is 0 Å². The lowest BCUT2D eigenvalue weighted by molar-refractivity contribution is -0.122. The summed E-state index contributed by atoms with van der Waals surface area (Å²) in [7, 11) is -4.86. The molecule has 11 heteroatoms. The van der Waals surface area contributed by atoms with Gasteiger partial charge in [0.05, 0.1) is 11.6 Å². The van der Waals surface area contributed by atoms with Crippen LogP contribution in [0.25, 0.3) is 0 Å². The van der Waals surface area contributed by atoms with Crippen molar-refractivity contribution < 1.29 is 31.7 Å². The van der Waals surface area contributed by atoms with Crippen molar-refractivity contribution in [3.05, 3.63) is 70.9 Å². The lowest BCUT2D eigenvalue weighted by Crippen LogP contribution is -2.35. The molecule has 0 aliphatic heterocycles. The molecule has 0 bridgehead atoms. The Labute approximate surface area is 164 Å². The van der Waals surface area contributed by atoms with Gasteiger partial charge in [-0.2, -0.15) is 13.7 Å². The molecule has 4 N–H and O–H groups in total. The highest BCUT2D eigenvalue weighted by molar-refractivity contribution is 7.92. The SMILES string of the molecule is N#CC(/C=C(/C(=O)c1ccc(F)cc1O)S(=O)(=O)Oc1ccccc1)C(=O)NN. The molecule has 0 saturated carbocycles. The minimum Gasteiger partial charge on any atom is -0.507 e. The van der Waals surface area contributed by atoms with Gasteiger partial charge >= 0.3 is 10.1 Å². The Morgan fingerprint density at radius 2 is 1.90 bits per heavy atom. The number of nitrogens with two attached hydrogens (primary N) is 1. The molecule has 0 aliphatic carbocycles. The summed E-state index contributed by atoms with van der Waals surface area (Å²) in [5, 5.41) is 18.9. The number of hydrogen-bond donors (Lipinski definition) is 3. The van der Waals surface area contributed by atoms with Gasteiger partial charge in [-0.3, -0.25) is 15.0 Å². The van der Waals surface area contributed by atoms with Gasteiger partial charge in [-0.1, -0.05) is 18.2 Å². The predicted octanol–water partition coefficient (Wildman–Crippen LogP) is 1.14. The number of hydrogen-bond acceptors (Lipinski definition) is 8. The second-order valence-electron chi connectivity index (χ2n) is 5.49. The molecule has 1 atom stereocenters. The quantitative estimate of drug-likeness (QED) is 0.150. The van der Waals surface area contributed by atoms with Crippen LogP contribution in [0.4, 0.5) is 4.39 Å². The summed E-state index contributed by atoms with van der Waals surface area (Å²) >= 11 is 0. The van der Waals surface area contributed by atoms with E-state index in [0.717, 1.165) is 12.1 Å². The first-order chi connectivity index (χ1) is 13.7. The maximum Gasteiger partial charge on any atom is 0.342 e. The number of rotatable bonds is 7. The maximum atomic E-state index is 13.2. The van der Waals surface area contributed by atoms with Crippen molar-refractivity contribution >= 4 is 21.8 Å². The van der Waals surface area contributed by atoms with E-state index < -0.39 is 49.8 Å². The van der Waals surface area contributed by atoms with Gasteiger partial charge in [0.15, 0.2) is 4.91 Å². The Bertz CT molecular complexity index is 1110. The van der Waals surface area contributed by atoms with Gasteiger partial charge in [-0.05, 0) is 30.3 Å². The lowest BCUT2D eigenvalue weighted by atomic mass is 10.1. The highest BCUT2D eigenvalue weighted by Gasteiger charge is 2.32. The van der Waals surface area contributed by atoms with E-state index in [-0.39, 0.29) is 5.75 Å². The molecule has 0 heterocycles. The zero-order valence-corrected chi connectivity index (χ0v) is 15.4. The molecule has 1 amide bonds. The molecule has 0 spiro atoms. The number of allylic oxidation sites excluding steroid dienone is 1.